The molecule has 96 valence electrons. The quantitative estimate of drug-likeness (QED) is 0.919. The van der Waals surface area contributed by atoms with Crippen LogP contribution in [0.2, 0.25) is 0 Å². The van der Waals surface area contributed by atoms with Crippen molar-refractivity contribution >= 4 is 11.3 Å². The van der Waals surface area contributed by atoms with Gasteiger partial charge in [0, 0.05) is 10.9 Å². The fourth-order valence-corrected chi connectivity index (χ4v) is 2.46. The highest BCUT2D eigenvalue weighted by molar-refractivity contribution is 7.11. The van der Waals surface area contributed by atoms with Gasteiger partial charge in [-0.05, 0) is 38.5 Å². The van der Waals surface area contributed by atoms with Crippen molar-refractivity contribution in [3.8, 4) is 5.75 Å². The summed E-state index contributed by atoms with van der Waals surface area (Å²) in [6.07, 6.45) is 0. The summed E-state index contributed by atoms with van der Waals surface area (Å²) >= 11 is 1.69. The highest BCUT2D eigenvalue weighted by Crippen LogP contribution is 2.20. The molecule has 1 heterocycles. The van der Waals surface area contributed by atoms with Crippen LogP contribution in [-0.2, 0) is 6.61 Å². The van der Waals surface area contributed by atoms with Crippen LogP contribution in [0.3, 0.4) is 0 Å². The minimum atomic E-state index is 0.0586. The number of rotatable bonds is 4. The van der Waals surface area contributed by atoms with Crippen molar-refractivity contribution in [2.75, 3.05) is 0 Å². The first kappa shape index (κ1) is 13.1. The van der Waals surface area contributed by atoms with Crippen molar-refractivity contribution < 1.29 is 4.74 Å². The van der Waals surface area contributed by atoms with Gasteiger partial charge in [-0.15, -0.1) is 11.3 Å². The summed E-state index contributed by atoms with van der Waals surface area (Å²) in [5.41, 5.74) is 8.00. The molecule has 3 nitrogen and oxygen atoms in total. The maximum atomic E-state index is 5.80. The van der Waals surface area contributed by atoms with Gasteiger partial charge in [-0.2, -0.15) is 0 Å². The predicted octanol–water partition coefficient (Wildman–Crippen LogP) is 3.36. The Balaban J connectivity index is 1.97. The molecule has 0 saturated carbocycles. The van der Waals surface area contributed by atoms with Gasteiger partial charge < -0.3 is 10.5 Å². The molecule has 4 heteroatoms. The largest absolute Gasteiger partial charge is 0.486 e. The molecule has 2 aromatic rings. The lowest BCUT2D eigenvalue weighted by Gasteiger charge is -2.07. The Morgan fingerprint density at radius 3 is 2.44 bits per heavy atom. The van der Waals surface area contributed by atoms with E-state index in [2.05, 4.69) is 11.9 Å². The minimum absolute atomic E-state index is 0.0586. The van der Waals surface area contributed by atoms with Crippen molar-refractivity contribution in [2.45, 2.75) is 33.4 Å². The molecule has 1 atom stereocenters. The molecule has 0 saturated heterocycles. The summed E-state index contributed by atoms with van der Waals surface area (Å²) in [7, 11) is 0. The third-order valence-electron chi connectivity index (χ3n) is 2.84. The van der Waals surface area contributed by atoms with Gasteiger partial charge in [0.1, 0.15) is 17.4 Å². The molecule has 1 aromatic carbocycles. The molecule has 0 radical (unpaired) electrons. The molecule has 0 aliphatic heterocycles. The summed E-state index contributed by atoms with van der Waals surface area (Å²) in [6, 6.07) is 7.96. The van der Waals surface area contributed by atoms with Gasteiger partial charge in [0.25, 0.3) is 0 Å². The second-order valence-electron chi connectivity index (χ2n) is 4.40. The first-order valence-electron chi connectivity index (χ1n) is 5.97. The SMILES string of the molecule is Cc1nc(COc2ccc([C@H](C)N)cc2)sc1C. The average molecular weight is 262 g/mol. The molecule has 0 fully saturated rings. The van der Waals surface area contributed by atoms with E-state index in [4.69, 9.17) is 10.5 Å². The lowest BCUT2D eigenvalue weighted by Crippen LogP contribution is -2.04. The van der Waals surface area contributed by atoms with Gasteiger partial charge in [-0.1, -0.05) is 12.1 Å². The van der Waals surface area contributed by atoms with Crippen LogP contribution in [0.5, 0.6) is 5.75 Å². The number of thiazole rings is 1. The topological polar surface area (TPSA) is 48.1 Å². The lowest BCUT2D eigenvalue weighted by atomic mass is 10.1. The number of hydrogen-bond donors (Lipinski definition) is 1. The van der Waals surface area contributed by atoms with Crippen molar-refractivity contribution in [1.29, 1.82) is 0 Å². The van der Waals surface area contributed by atoms with Gasteiger partial charge in [-0.3, -0.25) is 0 Å². The number of aryl methyl sites for hydroxylation is 2. The van der Waals surface area contributed by atoms with E-state index in [1.54, 1.807) is 11.3 Å². The molecule has 0 aliphatic carbocycles. The summed E-state index contributed by atoms with van der Waals surface area (Å²) in [5, 5.41) is 1.02. The molecular weight excluding hydrogens is 244 g/mol. The fourth-order valence-electron chi connectivity index (χ4n) is 1.61. The van der Waals surface area contributed by atoms with E-state index >= 15 is 0 Å². The molecule has 18 heavy (non-hydrogen) atoms. The summed E-state index contributed by atoms with van der Waals surface area (Å²) < 4.78 is 5.70. The predicted molar refractivity (Wildman–Crippen MR) is 75.0 cm³/mol. The summed E-state index contributed by atoms with van der Waals surface area (Å²) in [5.74, 6) is 0.852. The maximum Gasteiger partial charge on any atom is 0.140 e. The van der Waals surface area contributed by atoms with Crippen LogP contribution in [0.25, 0.3) is 0 Å². The first-order chi connectivity index (χ1) is 8.56. The minimum Gasteiger partial charge on any atom is -0.486 e. The Hall–Kier alpha value is -1.39. The third kappa shape index (κ3) is 3.09. The van der Waals surface area contributed by atoms with Crippen LogP contribution in [0, 0.1) is 13.8 Å². The van der Waals surface area contributed by atoms with Crippen molar-refractivity contribution in [3.05, 3.63) is 45.4 Å². The number of nitrogens with zero attached hydrogens (tertiary/aromatic N) is 1. The zero-order chi connectivity index (χ0) is 13.1. The molecule has 0 bridgehead atoms. The van der Waals surface area contributed by atoms with Crippen LogP contribution >= 0.6 is 11.3 Å². The highest BCUT2D eigenvalue weighted by Gasteiger charge is 2.05. The number of hydrogen-bond acceptors (Lipinski definition) is 4. The molecular formula is C14H18N2OS. The number of benzene rings is 1. The van der Waals surface area contributed by atoms with E-state index in [9.17, 15) is 0 Å². The molecule has 0 amide bonds. The van der Waals surface area contributed by atoms with Crippen LogP contribution in [0.15, 0.2) is 24.3 Å². The third-order valence-corrected chi connectivity index (χ3v) is 3.89. The first-order valence-corrected chi connectivity index (χ1v) is 6.79. The van der Waals surface area contributed by atoms with Crippen molar-refractivity contribution in [2.24, 2.45) is 5.73 Å². The van der Waals surface area contributed by atoms with Crippen LogP contribution in [0.4, 0.5) is 0 Å². The Bertz CT molecular complexity index is 498. The van der Waals surface area contributed by atoms with Gasteiger partial charge >= 0.3 is 0 Å². The number of nitrogens with two attached hydrogens (primary N) is 1. The fraction of sp³-hybridized carbons (Fsp3) is 0.357. The highest BCUT2D eigenvalue weighted by atomic mass is 32.1. The number of aromatic nitrogens is 1. The monoisotopic (exact) mass is 262 g/mol. The Labute approximate surface area is 112 Å². The van der Waals surface area contributed by atoms with Gasteiger partial charge in [-0.25, -0.2) is 4.98 Å². The van der Waals surface area contributed by atoms with Gasteiger partial charge in [0.05, 0.1) is 5.69 Å². The van der Waals surface area contributed by atoms with Crippen LogP contribution in [-0.4, -0.2) is 4.98 Å². The Morgan fingerprint density at radius 2 is 1.94 bits per heavy atom. The van der Waals surface area contributed by atoms with Crippen LogP contribution in [0.1, 0.15) is 34.1 Å². The second-order valence-corrected chi connectivity index (χ2v) is 5.68. The Morgan fingerprint density at radius 1 is 1.28 bits per heavy atom. The molecule has 0 aliphatic rings. The van der Waals surface area contributed by atoms with Gasteiger partial charge in [0.15, 0.2) is 0 Å². The standard InChI is InChI=1S/C14H18N2OS/c1-9(15)12-4-6-13(7-5-12)17-8-14-16-10(2)11(3)18-14/h4-7,9H,8,15H2,1-3H3/t9-/m0/s1. The van der Waals surface area contributed by atoms with Gasteiger partial charge in [0.2, 0.25) is 0 Å². The van der Waals surface area contributed by atoms with E-state index in [1.807, 2.05) is 38.1 Å². The zero-order valence-corrected chi connectivity index (χ0v) is 11.8. The number of ether oxygens (including phenoxy) is 1. The summed E-state index contributed by atoms with van der Waals surface area (Å²) in [6.45, 7) is 6.59. The van der Waals surface area contributed by atoms with Crippen molar-refractivity contribution in [3.63, 3.8) is 0 Å². The van der Waals surface area contributed by atoms with E-state index in [0.717, 1.165) is 22.0 Å². The molecule has 2 rings (SSSR count). The molecule has 1 aromatic heterocycles. The Kier molecular flexibility index (Phi) is 3.99. The maximum absolute atomic E-state index is 5.80. The average Bonchev–Trinajstić information content (AvgIpc) is 2.67. The van der Waals surface area contributed by atoms with E-state index in [0.29, 0.717) is 6.61 Å². The molecule has 0 unspecified atom stereocenters. The van der Waals surface area contributed by atoms with E-state index < -0.39 is 0 Å². The van der Waals surface area contributed by atoms with Crippen LogP contribution < -0.4 is 10.5 Å². The summed E-state index contributed by atoms with van der Waals surface area (Å²) in [4.78, 5) is 5.70. The second kappa shape index (κ2) is 5.50. The smallest absolute Gasteiger partial charge is 0.140 e. The van der Waals surface area contributed by atoms with E-state index in [1.165, 1.54) is 4.88 Å². The zero-order valence-electron chi connectivity index (χ0n) is 10.9. The molecule has 0 spiro atoms. The van der Waals surface area contributed by atoms with Crippen molar-refractivity contribution in [1.82, 2.24) is 4.98 Å². The normalized spacial score (nSPS) is 12.4. The molecule has 2 N–H and O–H groups in total. The lowest BCUT2D eigenvalue weighted by molar-refractivity contribution is 0.305. The van der Waals surface area contributed by atoms with E-state index in [-0.39, 0.29) is 6.04 Å².